The van der Waals surface area contributed by atoms with Crippen LogP contribution in [-0.4, -0.2) is 35.6 Å². The Morgan fingerprint density at radius 2 is 2.09 bits per heavy atom. The largest absolute Gasteiger partial charge is 0.496 e. The van der Waals surface area contributed by atoms with E-state index in [9.17, 15) is 4.79 Å². The van der Waals surface area contributed by atoms with Crippen molar-refractivity contribution in [3.05, 3.63) is 22.6 Å². The van der Waals surface area contributed by atoms with Gasteiger partial charge in [0.25, 0.3) is 5.91 Å². The third-order valence-electron chi connectivity index (χ3n) is 3.43. The lowest BCUT2D eigenvalue weighted by molar-refractivity contribution is -0.122. The van der Waals surface area contributed by atoms with Crippen molar-refractivity contribution in [3.63, 3.8) is 0 Å². The number of rotatable bonds is 4. The summed E-state index contributed by atoms with van der Waals surface area (Å²) in [6, 6.07) is 3.58. The van der Waals surface area contributed by atoms with Gasteiger partial charge in [0.05, 0.1) is 12.0 Å². The zero-order chi connectivity index (χ0) is 16.6. The first kappa shape index (κ1) is 16.1. The number of thioether (sulfide) groups is 1. The van der Waals surface area contributed by atoms with Gasteiger partial charge in [-0.15, -0.1) is 0 Å². The smallest absolute Gasteiger partial charge is 0.266 e. The molecule has 0 unspecified atom stereocenters. The molecule has 23 heavy (non-hydrogen) atoms. The van der Waals surface area contributed by atoms with Crippen molar-refractivity contribution in [3.8, 4) is 17.2 Å². The molecule has 1 saturated heterocycles. The van der Waals surface area contributed by atoms with Gasteiger partial charge >= 0.3 is 0 Å². The molecule has 1 aromatic rings. The topological polar surface area (TPSA) is 48.0 Å². The molecule has 0 atom stereocenters. The van der Waals surface area contributed by atoms with Gasteiger partial charge in [-0.3, -0.25) is 9.69 Å². The lowest BCUT2D eigenvalue weighted by atomic mass is 10.1. The van der Waals surface area contributed by atoms with Gasteiger partial charge in [-0.05, 0) is 18.1 Å². The molecule has 5 nitrogen and oxygen atoms in total. The van der Waals surface area contributed by atoms with Crippen LogP contribution in [0.4, 0.5) is 0 Å². The minimum atomic E-state index is -0.0616. The molecular formula is C16H17NO4S2. The van der Waals surface area contributed by atoms with Gasteiger partial charge in [-0.2, -0.15) is 0 Å². The first-order valence-corrected chi connectivity index (χ1v) is 8.45. The number of carbonyl (C=O) groups excluding carboxylic acids is 1. The van der Waals surface area contributed by atoms with Gasteiger partial charge in [-0.1, -0.05) is 37.8 Å². The molecule has 2 aliphatic rings. The summed E-state index contributed by atoms with van der Waals surface area (Å²) in [7, 11) is 1.58. The van der Waals surface area contributed by atoms with Gasteiger partial charge < -0.3 is 14.2 Å². The second-order valence-electron chi connectivity index (χ2n) is 5.63. The van der Waals surface area contributed by atoms with Crippen LogP contribution in [0.1, 0.15) is 19.4 Å². The summed E-state index contributed by atoms with van der Waals surface area (Å²) < 4.78 is 16.7. The fourth-order valence-corrected chi connectivity index (χ4v) is 3.66. The van der Waals surface area contributed by atoms with E-state index in [2.05, 4.69) is 13.8 Å². The van der Waals surface area contributed by atoms with Crippen LogP contribution in [0.15, 0.2) is 17.0 Å². The van der Waals surface area contributed by atoms with Crippen LogP contribution in [0.2, 0.25) is 0 Å². The zero-order valence-electron chi connectivity index (χ0n) is 13.1. The van der Waals surface area contributed by atoms with Crippen LogP contribution in [0.3, 0.4) is 0 Å². The summed E-state index contributed by atoms with van der Waals surface area (Å²) in [5.41, 5.74) is 0.766. The van der Waals surface area contributed by atoms with Crippen LogP contribution in [0.25, 0.3) is 6.08 Å². The number of methoxy groups -OCH3 is 1. The minimum absolute atomic E-state index is 0.0616. The Balaban J connectivity index is 1.93. The molecule has 1 amide bonds. The molecule has 7 heteroatoms. The summed E-state index contributed by atoms with van der Waals surface area (Å²) in [4.78, 5) is 14.8. The van der Waals surface area contributed by atoms with E-state index >= 15 is 0 Å². The third-order valence-corrected chi connectivity index (χ3v) is 4.81. The van der Waals surface area contributed by atoms with E-state index in [1.807, 2.05) is 6.07 Å². The average molecular weight is 351 g/mol. The average Bonchev–Trinajstić information content (AvgIpc) is 3.06. The quantitative estimate of drug-likeness (QED) is 0.613. The molecule has 1 aromatic carbocycles. The van der Waals surface area contributed by atoms with Crippen molar-refractivity contribution in [1.29, 1.82) is 0 Å². The number of amides is 1. The van der Waals surface area contributed by atoms with Gasteiger partial charge in [0.2, 0.25) is 6.79 Å². The van der Waals surface area contributed by atoms with Crippen LogP contribution < -0.4 is 14.2 Å². The fourth-order valence-electron chi connectivity index (χ4n) is 2.39. The fraction of sp³-hybridized carbons (Fsp3) is 0.375. The monoisotopic (exact) mass is 351 g/mol. The Labute approximate surface area is 144 Å². The molecule has 3 rings (SSSR count). The number of carbonyl (C=O) groups is 1. The first-order valence-electron chi connectivity index (χ1n) is 7.22. The third kappa shape index (κ3) is 3.16. The van der Waals surface area contributed by atoms with E-state index in [1.54, 1.807) is 24.2 Å². The van der Waals surface area contributed by atoms with Crippen LogP contribution in [0, 0.1) is 5.92 Å². The lowest BCUT2D eigenvalue weighted by Gasteiger charge is -2.16. The van der Waals surface area contributed by atoms with Crippen molar-refractivity contribution in [1.82, 2.24) is 4.90 Å². The summed E-state index contributed by atoms with van der Waals surface area (Å²) in [5, 5.41) is 0. The number of hydrogen-bond acceptors (Lipinski definition) is 6. The van der Waals surface area contributed by atoms with Crippen LogP contribution in [0.5, 0.6) is 17.2 Å². The van der Waals surface area contributed by atoms with E-state index in [0.717, 1.165) is 5.56 Å². The maximum absolute atomic E-state index is 12.5. The maximum atomic E-state index is 12.5. The number of fused-ring (bicyclic) bond motifs is 1. The number of nitrogens with zero attached hydrogens (tertiary/aromatic N) is 1. The molecule has 122 valence electrons. The number of hydrogen-bond donors (Lipinski definition) is 0. The van der Waals surface area contributed by atoms with Crippen molar-refractivity contribution in [2.75, 3.05) is 20.4 Å². The van der Waals surface area contributed by atoms with Crippen molar-refractivity contribution < 1.29 is 19.0 Å². The van der Waals surface area contributed by atoms with Crippen LogP contribution >= 0.6 is 24.0 Å². The minimum Gasteiger partial charge on any atom is -0.496 e. The highest BCUT2D eigenvalue weighted by Crippen LogP contribution is 2.41. The van der Waals surface area contributed by atoms with Crippen molar-refractivity contribution in [2.45, 2.75) is 13.8 Å². The summed E-state index contributed by atoms with van der Waals surface area (Å²) >= 11 is 6.63. The van der Waals surface area contributed by atoms with E-state index < -0.39 is 0 Å². The standard InChI is InChI=1S/C16H17NO4S2/c1-9(2)7-17-15(18)14(23-16(17)22)5-10-4-12-13(21-8-20-12)6-11(10)19-3/h4-6,9H,7-8H2,1-3H3/b14-5-. The van der Waals surface area contributed by atoms with E-state index in [0.29, 0.717) is 38.9 Å². The predicted molar refractivity (Wildman–Crippen MR) is 93.8 cm³/mol. The maximum Gasteiger partial charge on any atom is 0.266 e. The Morgan fingerprint density at radius 3 is 2.74 bits per heavy atom. The lowest BCUT2D eigenvalue weighted by Crippen LogP contribution is -2.31. The molecular weight excluding hydrogens is 334 g/mol. The summed E-state index contributed by atoms with van der Waals surface area (Å²) in [6.45, 7) is 4.94. The molecule has 2 aliphatic heterocycles. The Hall–Kier alpha value is -1.73. The molecule has 0 aromatic heterocycles. The molecule has 0 radical (unpaired) electrons. The number of ether oxygens (including phenoxy) is 3. The van der Waals surface area contributed by atoms with E-state index in [4.69, 9.17) is 26.4 Å². The summed E-state index contributed by atoms with van der Waals surface area (Å²) in [6.07, 6.45) is 1.79. The second-order valence-corrected chi connectivity index (χ2v) is 7.31. The van der Waals surface area contributed by atoms with Crippen molar-refractivity contribution >= 4 is 40.3 Å². The SMILES string of the molecule is COc1cc2c(cc1/C=C1\SC(=S)N(CC(C)C)C1=O)OCO2. The molecule has 0 spiro atoms. The highest BCUT2D eigenvalue weighted by Gasteiger charge is 2.32. The molecule has 0 N–H and O–H groups in total. The van der Waals surface area contributed by atoms with Gasteiger partial charge in [0.1, 0.15) is 10.1 Å². The normalized spacial score (nSPS) is 18.4. The van der Waals surface area contributed by atoms with Crippen molar-refractivity contribution in [2.24, 2.45) is 5.92 Å². The Kier molecular flexibility index (Phi) is 4.50. The summed E-state index contributed by atoms with van der Waals surface area (Å²) in [5.74, 6) is 2.22. The van der Waals surface area contributed by atoms with E-state index in [-0.39, 0.29) is 12.7 Å². The predicted octanol–water partition coefficient (Wildman–Crippen LogP) is 3.28. The molecule has 1 fully saturated rings. The molecule has 0 saturated carbocycles. The Morgan fingerprint density at radius 1 is 1.39 bits per heavy atom. The van der Waals surface area contributed by atoms with Crippen LogP contribution in [-0.2, 0) is 4.79 Å². The highest BCUT2D eigenvalue weighted by molar-refractivity contribution is 8.26. The molecule has 0 bridgehead atoms. The van der Waals surface area contributed by atoms with Gasteiger partial charge in [0, 0.05) is 18.2 Å². The van der Waals surface area contributed by atoms with Gasteiger partial charge in [0.15, 0.2) is 11.5 Å². The second kappa shape index (κ2) is 6.41. The van der Waals surface area contributed by atoms with Gasteiger partial charge in [-0.25, -0.2) is 0 Å². The zero-order valence-corrected chi connectivity index (χ0v) is 14.8. The first-order chi connectivity index (χ1) is 11.0. The molecule has 2 heterocycles. The Bertz CT molecular complexity index is 700. The van der Waals surface area contributed by atoms with E-state index in [1.165, 1.54) is 11.8 Å². The number of thiocarbonyl (C=S) groups is 1. The highest BCUT2D eigenvalue weighted by atomic mass is 32.2. The molecule has 0 aliphatic carbocycles. The number of benzene rings is 1.